The highest BCUT2D eigenvalue weighted by molar-refractivity contribution is 5.73. The van der Waals surface area contributed by atoms with Gasteiger partial charge in [0.1, 0.15) is 5.76 Å². The number of carbonyl (C=O) groups excluding carboxylic acids is 1. The molecule has 0 aromatic rings. The van der Waals surface area contributed by atoms with Crippen molar-refractivity contribution in [2.24, 2.45) is 29.6 Å². The summed E-state index contributed by atoms with van der Waals surface area (Å²) in [6, 6.07) is 0. The Morgan fingerprint density at radius 1 is 1.00 bits per heavy atom. The Hall–Kier alpha value is -1.31. The molecule has 188 valence electrons. The number of esters is 1. The van der Waals surface area contributed by atoms with E-state index < -0.39 is 0 Å². The van der Waals surface area contributed by atoms with Crippen molar-refractivity contribution in [3.8, 4) is 0 Å². The fourth-order valence-electron chi connectivity index (χ4n) is 5.76. The minimum atomic E-state index is -0.0629. The van der Waals surface area contributed by atoms with E-state index in [0.717, 1.165) is 55.1 Å². The number of ether oxygens (including phenoxy) is 1. The number of rotatable bonds is 13. The van der Waals surface area contributed by atoms with Crippen LogP contribution in [0.25, 0.3) is 0 Å². The quantitative estimate of drug-likeness (QED) is 0.204. The second-order valence-corrected chi connectivity index (χ2v) is 11.2. The van der Waals surface area contributed by atoms with Gasteiger partial charge in [0.25, 0.3) is 0 Å². The SMILES string of the molecule is CCCC(C)CCCC1=CCC=C(OC(=O)C(C)CCC(CC)C2CCCC(C)CC2)C=C1. The number of carbonyl (C=O) groups is 1. The first-order valence-electron chi connectivity index (χ1n) is 14.2. The molecule has 0 spiro atoms. The molecule has 33 heavy (non-hydrogen) atoms. The minimum Gasteiger partial charge on any atom is -0.427 e. The fraction of sp³-hybridized carbons (Fsp3) is 0.774. The molecule has 0 aromatic carbocycles. The Morgan fingerprint density at radius 2 is 1.82 bits per heavy atom. The average Bonchev–Trinajstić information content (AvgIpc) is 3.15. The highest BCUT2D eigenvalue weighted by atomic mass is 16.5. The van der Waals surface area contributed by atoms with Crippen LogP contribution in [0.3, 0.4) is 0 Å². The lowest BCUT2D eigenvalue weighted by atomic mass is 9.80. The van der Waals surface area contributed by atoms with Gasteiger partial charge in [0.2, 0.25) is 0 Å². The third kappa shape index (κ3) is 10.7. The molecule has 1 saturated carbocycles. The second kappa shape index (κ2) is 15.6. The topological polar surface area (TPSA) is 26.3 Å². The molecule has 5 atom stereocenters. The lowest BCUT2D eigenvalue weighted by Crippen LogP contribution is -2.19. The van der Waals surface area contributed by atoms with Crippen molar-refractivity contribution in [2.75, 3.05) is 0 Å². The Balaban J connectivity index is 1.74. The molecule has 2 heteroatoms. The van der Waals surface area contributed by atoms with Crippen LogP contribution in [-0.2, 0) is 9.53 Å². The van der Waals surface area contributed by atoms with Gasteiger partial charge >= 0.3 is 5.97 Å². The monoisotopic (exact) mass is 456 g/mol. The zero-order valence-corrected chi connectivity index (χ0v) is 22.4. The first-order valence-corrected chi connectivity index (χ1v) is 14.2. The molecule has 0 saturated heterocycles. The molecule has 0 aliphatic heterocycles. The molecule has 2 nitrogen and oxygen atoms in total. The number of allylic oxidation sites excluding steroid dienone is 5. The first kappa shape index (κ1) is 27.9. The van der Waals surface area contributed by atoms with Gasteiger partial charge < -0.3 is 4.74 Å². The van der Waals surface area contributed by atoms with Crippen molar-refractivity contribution in [1.29, 1.82) is 0 Å². The van der Waals surface area contributed by atoms with Crippen molar-refractivity contribution in [3.05, 3.63) is 35.6 Å². The zero-order chi connectivity index (χ0) is 24.1. The molecule has 5 unspecified atom stereocenters. The molecule has 2 aliphatic rings. The molecule has 0 bridgehead atoms. The van der Waals surface area contributed by atoms with Gasteiger partial charge in [-0.25, -0.2) is 0 Å². The summed E-state index contributed by atoms with van der Waals surface area (Å²) in [7, 11) is 0. The van der Waals surface area contributed by atoms with E-state index in [-0.39, 0.29) is 11.9 Å². The van der Waals surface area contributed by atoms with Gasteiger partial charge in [0, 0.05) is 0 Å². The lowest BCUT2D eigenvalue weighted by Gasteiger charge is -2.26. The van der Waals surface area contributed by atoms with E-state index >= 15 is 0 Å². The zero-order valence-electron chi connectivity index (χ0n) is 22.4. The maximum atomic E-state index is 12.8. The largest absolute Gasteiger partial charge is 0.427 e. The van der Waals surface area contributed by atoms with Crippen LogP contribution >= 0.6 is 0 Å². The molecule has 0 amide bonds. The normalized spacial score (nSPS) is 24.2. The Kier molecular flexibility index (Phi) is 13.2. The van der Waals surface area contributed by atoms with Crippen LogP contribution in [0.4, 0.5) is 0 Å². The van der Waals surface area contributed by atoms with E-state index in [2.05, 4.69) is 45.9 Å². The van der Waals surface area contributed by atoms with Gasteiger partial charge in [-0.1, -0.05) is 104 Å². The standard InChI is InChI=1S/C31H52O2/c1-6-11-24(3)12-8-14-27-15-10-17-30(23-20-27)33-31(32)26(5)19-22-28(7-2)29-16-9-13-25(4)18-21-29/h15,17,20,23-26,28-29H,6-14,16,18-19,21-22H2,1-5H3. The summed E-state index contributed by atoms with van der Waals surface area (Å²) >= 11 is 0. The van der Waals surface area contributed by atoms with Crippen molar-refractivity contribution < 1.29 is 9.53 Å². The Morgan fingerprint density at radius 3 is 2.58 bits per heavy atom. The molecule has 0 radical (unpaired) electrons. The first-order chi connectivity index (χ1) is 15.9. The predicted molar refractivity (Wildman–Crippen MR) is 142 cm³/mol. The van der Waals surface area contributed by atoms with Crippen LogP contribution in [0.5, 0.6) is 0 Å². The van der Waals surface area contributed by atoms with Crippen molar-refractivity contribution in [2.45, 2.75) is 125 Å². The molecular weight excluding hydrogens is 404 g/mol. The molecular formula is C31H52O2. The van der Waals surface area contributed by atoms with Gasteiger partial charge in [0.05, 0.1) is 5.92 Å². The summed E-state index contributed by atoms with van der Waals surface area (Å²) in [5.74, 6) is 3.95. The smallest absolute Gasteiger partial charge is 0.314 e. The summed E-state index contributed by atoms with van der Waals surface area (Å²) in [6.07, 6.45) is 25.9. The van der Waals surface area contributed by atoms with Gasteiger partial charge in [-0.2, -0.15) is 0 Å². The fourth-order valence-corrected chi connectivity index (χ4v) is 5.76. The molecule has 0 aromatic heterocycles. The number of hydrogen-bond donors (Lipinski definition) is 0. The van der Waals surface area contributed by atoms with E-state index in [1.165, 1.54) is 69.8 Å². The van der Waals surface area contributed by atoms with Crippen LogP contribution in [0, 0.1) is 29.6 Å². The summed E-state index contributed by atoms with van der Waals surface area (Å²) in [6.45, 7) is 11.4. The van der Waals surface area contributed by atoms with E-state index in [9.17, 15) is 4.79 Å². The van der Waals surface area contributed by atoms with Crippen LogP contribution in [-0.4, -0.2) is 5.97 Å². The van der Waals surface area contributed by atoms with E-state index in [1.807, 2.05) is 13.0 Å². The Labute approximate surface area is 205 Å². The maximum Gasteiger partial charge on any atom is 0.314 e. The van der Waals surface area contributed by atoms with Gasteiger partial charge in [0.15, 0.2) is 0 Å². The van der Waals surface area contributed by atoms with E-state index in [1.54, 1.807) is 0 Å². The molecule has 1 fully saturated rings. The van der Waals surface area contributed by atoms with Crippen molar-refractivity contribution in [1.82, 2.24) is 0 Å². The van der Waals surface area contributed by atoms with Crippen molar-refractivity contribution >= 4 is 5.97 Å². The molecule has 2 aliphatic carbocycles. The highest BCUT2D eigenvalue weighted by Gasteiger charge is 2.25. The summed E-state index contributed by atoms with van der Waals surface area (Å²) in [5.41, 5.74) is 1.37. The van der Waals surface area contributed by atoms with Crippen LogP contribution in [0.2, 0.25) is 0 Å². The van der Waals surface area contributed by atoms with Gasteiger partial charge in [-0.15, -0.1) is 0 Å². The van der Waals surface area contributed by atoms with Crippen LogP contribution in [0.15, 0.2) is 35.6 Å². The summed E-state index contributed by atoms with van der Waals surface area (Å²) < 4.78 is 5.80. The highest BCUT2D eigenvalue weighted by Crippen LogP contribution is 2.36. The summed E-state index contributed by atoms with van der Waals surface area (Å²) in [5, 5.41) is 0. The molecule has 2 rings (SSSR count). The van der Waals surface area contributed by atoms with Crippen LogP contribution in [0.1, 0.15) is 125 Å². The van der Waals surface area contributed by atoms with Crippen molar-refractivity contribution in [3.63, 3.8) is 0 Å². The maximum absolute atomic E-state index is 12.8. The van der Waals surface area contributed by atoms with E-state index in [4.69, 9.17) is 4.74 Å². The number of hydrogen-bond acceptors (Lipinski definition) is 2. The Bertz CT molecular complexity index is 656. The minimum absolute atomic E-state index is 0.0335. The molecule has 0 heterocycles. The second-order valence-electron chi connectivity index (χ2n) is 11.2. The van der Waals surface area contributed by atoms with Gasteiger partial charge in [-0.05, 0) is 74.3 Å². The third-order valence-electron chi connectivity index (χ3n) is 8.19. The van der Waals surface area contributed by atoms with Gasteiger partial charge in [-0.3, -0.25) is 4.79 Å². The molecule has 0 N–H and O–H groups in total. The van der Waals surface area contributed by atoms with E-state index in [0.29, 0.717) is 0 Å². The summed E-state index contributed by atoms with van der Waals surface area (Å²) in [4.78, 5) is 12.8. The lowest BCUT2D eigenvalue weighted by molar-refractivity contribution is -0.143. The predicted octanol–water partition coefficient (Wildman–Crippen LogP) is 9.57. The van der Waals surface area contributed by atoms with Crippen LogP contribution < -0.4 is 0 Å². The average molecular weight is 457 g/mol. The third-order valence-corrected chi connectivity index (χ3v) is 8.19.